The molecule has 3 fully saturated rings. The number of nitro benzene ring substituents is 1. The SMILES string of the molecule is O=C(CN1CCN(C(=NCc2ccc([N+](=O)[O-])cc2)NC2CCCC2)CC1)NC1CC1. The lowest BCUT2D eigenvalue weighted by molar-refractivity contribution is -0.384. The van der Waals surface area contributed by atoms with Gasteiger partial charge in [0.05, 0.1) is 18.0 Å². The first-order valence-corrected chi connectivity index (χ1v) is 11.4. The third-order valence-electron chi connectivity index (χ3n) is 6.23. The van der Waals surface area contributed by atoms with Crippen LogP contribution in [0.4, 0.5) is 5.69 Å². The van der Waals surface area contributed by atoms with Gasteiger partial charge in [-0.2, -0.15) is 0 Å². The molecule has 1 amide bonds. The van der Waals surface area contributed by atoms with E-state index in [1.807, 2.05) is 0 Å². The maximum absolute atomic E-state index is 12.1. The molecule has 0 radical (unpaired) electrons. The Hall–Kier alpha value is -2.68. The highest BCUT2D eigenvalue weighted by molar-refractivity contribution is 5.81. The largest absolute Gasteiger partial charge is 0.353 e. The van der Waals surface area contributed by atoms with E-state index in [4.69, 9.17) is 4.99 Å². The molecule has 3 aliphatic rings. The zero-order chi connectivity index (χ0) is 21.6. The van der Waals surface area contributed by atoms with Crippen LogP contribution in [0.3, 0.4) is 0 Å². The normalized spacial score (nSPS) is 20.6. The summed E-state index contributed by atoms with van der Waals surface area (Å²) in [5, 5.41) is 17.6. The summed E-state index contributed by atoms with van der Waals surface area (Å²) < 4.78 is 0. The third-order valence-corrected chi connectivity index (χ3v) is 6.23. The Morgan fingerprint density at radius 3 is 2.26 bits per heavy atom. The van der Waals surface area contributed by atoms with Gasteiger partial charge in [0.1, 0.15) is 0 Å². The van der Waals surface area contributed by atoms with E-state index in [1.165, 1.54) is 25.0 Å². The minimum Gasteiger partial charge on any atom is -0.353 e. The number of non-ortho nitro benzene ring substituents is 1. The van der Waals surface area contributed by atoms with Crippen LogP contribution >= 0.6 is 0 Å². The van der Waals surface area contributed by atoms with Crippen molar-refractivity contribution in [2.24, 2.45) is 4.99 Å². The molecule has 31 heavy (non-hydrogen) atoms. The van der Waals surface area contributed by atoms with Gasteiger partial charge in [0.25, 0.3) is 5.69 Å². The lowest BCUT2D eigenvalue weighted by Gasteiger charge is -2.37. The summed E-state index contributed by atoms with van der Waals surface area (Å²) in [6, 6.07) is 7.46. The van der Waals surface area contributed by atoms with Crippen molar-refractivity contribution in [3.05, 3.63) is 39.9 Å². The van der Waals surface area contributed by atoms with Crippen molar-refractivity contribution in [2.75, 3.05) is 32.7 Å². The Morgan fingerprint density at radius 2 is 1.65 bits per heavy atom. The summed E-state index contributed by atoms with van der Waals surface area (Å²) in [4.78, 5) is 31.9. The molecule has 0 aromatic heterocycles. The number of carbonyl (C=O) groups excluding carboxylic acids is 1. The van der Waals surface area contributed by atoms with Crippen molar-refractivity contribution in [1.29, 1.82) is 0 Å². The van der Waals surface area contributed by atoms with Crippen molar-refractivity contribution in [3.63, 3.8) is 0 Å². The van der Waals surface area contributed by atoms with E-state index in [-0.39, 0.29) is 16.5 Å². The summed E-state index contributed by atoms with van der Waals surface area (Å²) in [5.74, 6) is 1.04. The second-order valence-electron chi connectivity index (χ2n) is 8.79. The smallest absolute Gasteiger partial charge is 0.269 e. The number of rotatable bonds is 7. The van der Waals surface area contributed by atoms with Gasteiger partial charge < -0.3 is 15.5 Å². The second kappa shape index (κ2) is 10.1. The molecule has 0 bridgehead atoms. The van der Waals surface area contributed by atoms with Gasteiger partial charge in [0, 0.05) is 50.4 Å². The maximum atomic E-state index is 12.1. The van der Waals surface area contributed by atoms with Gasteiger partial charge in [-0.3, -0.25) is 19.8 Å². The molecule has 1 heterocycles. The minimum absolute atomic E-state index is 0.0962. The van der Waals surface area contributed by atoms with E-state index in [0.717, 1.165) is 63.4 Å². The number of carbonyl (C=O) groups is 1. The molecule has 168 valence electrons. The molecule has 0 atom stereocenters. The van der Waals surface area contributed by atoms with Crippen LogP contribution in [-0.2, 0) is 11.3 Å². The van der Waals surface area contributed by atoms with Crippen LogP contribution in [0.15, 0.2) is 29.3 Å². The number of nitrogens with zero attached hydrogens (tertiary/aromatic N) is 4. The highest BCUT2D eigenvalue weighted by atomic mass is 16.6. The predicted molar refractivity (Wildman–Crippen MR) is 119 cm³/mol. The van der Waals surface area contributed by atoms with E-state index in [2.05, 4.69) is 20.4 Å². The summed E-state index contributed by atoms with van der Waals surface area (Å²) >= 11 is 0. The number of benzene rings is 1. The Balaban J connectivity index is 1.34. The molecular weight excluding hydrogens is 396 g/mol. The van der Waals surface area contributed by atoms with E-state index in [9.17, 15) is 14.9 Å². The molecular formula is C22H32N6O3. The number of nitrogens with one attached hydrogen (secondary N) is 2. The second-order valence-corrected chi connectivity index (χ2v) is 8.79. The molecule has 9 nitrogen and oxygen atoms in total. The number of hydrogen-bond acceptors (Lipinski definition) is 5. The first-order valence-electron chi connectivity index (χ1n) is 11.4. The molecule has 1 aliphatic heterocycles. The molecule has 0 spiro atoms. The standard InChI is InChI=1S/C22H32N6O3/c29-21(24-19-7-8-19)16-26-11-13-27(14-12-26)22(25-18-3-1-2-4-18)23-15-17-5-9-20(10-6-17)28(30)31/h5-6,9-10,18-19H,1-4,7-8,11-16H2,(H,23,25)(H,24,29). The summed E-state index contributed by atoms with van der Waals surface area (Å²) in [5.41, 5.74) is 1.05. The number of amides is 1. The fourth-order valence-electron chi connectivity index (χ4n) is 4.20. The molecule has 1 aromatic rings. The van der Waals surface area contributed by atoms with Crippen LogP contribution in [0.1, 0.15) is 44.1 Å². The number of piperazine rings is 1. The monoisotopic (exact) mass is 428 g/mol. The summed E-state index contributed by atoms with van der Waals surface area (Å²) in [6.45, 7) is 4.28. The Morgan fingerprint density at radius 1 is 1.00 bits per heavy atom. The summed E-state index contributed by atoms with van der Waals surface area (Å²) in [7, 11) is 0. The van der Waals surface area contributed by atoms with Gasteiger partial charge in [0.2, 0.25) is 5.91 Å². The van der Waals surface area contributed by atoms with Gasteiger partial charge in [-0.25, -0.2) is 4.99 Å². The molecule has 2 saturated carbocycles. The fraction of sp³-hybridized carbons (Fsp3) is 0.636. The zero-order valence-corrected chi connectivity index (χ0v) is 18.0. The van der Waals surface area contributed by atoms with Crippen LogP contribution in [0, 0.1) is 10.1 Å². The minimum atomic E-state index is -0.384. The predicted octanol–water partition coefficient (Wildman–Crippen LogP) is 1.88. The van der Waals surface area contributed by atoms with Crippen LogP contribution in [-0.4, -0.2) is 71.4 Å². The van der Waals surface area contributed by atoms with Gasteiger partial charge >= 0.3 is 0 Å². The van der Waals surface area contributed by atoms with E-state index in [0.29, 0.717) is 25.2 Å². The molecule has 1 saturated heterocycles. The number of guanidine groups is 1. The maximum Gasteiger partial charge on any atom is 0.269 e. The fourth-order valence-corrected chi connectivity index (χ4v) is 4.20. The third kappa shape index (κ3) is 6.40. The molecule has 2 aliphatic carbocycles. The zero-order valence-electron chi connectivity index (χ0n) is 18.0. The van der Waals surface area contributed by atoms with Crippen molar-refractivity contribution in [3.8, 4) is 0 Å². The van der Waals surface area contributed by atoms with Crippen molar-refractivity contribution in [2.45, 2.75) is 57.2 Å². The van der Waals surface area contributed by atoms with Crippen molar-refractivity contribution < 1.29 is 9.72 Å². The first-order chi connectivity index (χ1) is 15.1. The van der Waals surface area contributed by atoms with Crippen molar-refractivity contribution >= 4 is 17.6 Å². The van der Waals surface area contributed by atoms with Crippen LogP contribution in [0.2, 0.25) is 0 Å². The number of aliphatic imine (C=N–C) groups is 1. The van der Waals surface area contributed by atoms with Crippen molar-refractivity contribution in [1.82, 2.24) is 20.4 Å². The van der Waals surface area contributed by atoms with E-state index in [1.54, 1.807) is 12.1 Å². The Bertz CT molecular complexity index is 794. The average molecular weight is 429 g/mol. The lowest BCUT2D eigenvalue weighted by Crippen LogP contribution is -2.55. The van der Waals surface area contributed by atoms with E-state index >= 15 is 0 Å². The Kier molecular flexibility index (Phi) is 7.01. The highest BCUT2D eigenvalue weighted by Crippen LogP contribution is 2.19. The van der Waals surface area contributed by atoms with E-state index < -0.39 is 0 Å². The van der Waals surface area contributed by atoms with Gasteiger partial charge in [-0.15, -0.1) is 0 Å². The average Bonchev–Trinajstić information content (AvgIpc) is 3.42. The van der Waals surface area contributed by atoms with Crippen LogP contribution < -0.4 is 10.6 Å². The number of hydrogen-bond donors (Lipinski definition) is 2. The quantitative estimate of drug-likeness (QED) is 0.298. The Labute approximate surface area is 183 Å². The van der Waals surface area contributed by atoms with Gasteiger partial charge in [-0.05, 0) is 31.2 Å². The van der Waals surface area contributed by atoms with Gasteiger partial charge in [0.15, 0.2) is 5.96 Å². The summed E-state index contributed by atoms with van der Waals surface area (Å²) in [6.07, 6.45) is 7.05. The molecule has 0 unspecified atom stereocenters. The van der Waals surface area contributed by atoms with Crippen LogP contribution in [0.25, 0.3) is 0 Å². The number of nitro groups is 1. The molecule has 4 rings (SSSR count). The topological polar surface area (TPSA) is 103 Å². The molecule has 9 heteroatoms. The van der Waals surface area contributed by atoms with Crippen LogP contribution in [0.5, 0.6) is 0 Å². The molecule has 1 aromatic carbocycles. The molecule has 2 N–H and O–H groups in total. The highest BCUT2D eigenvalue weighted by Gasteiger charge is 2.27. The van der Waals surface area contributed by atoms with Gasteiger partial charge in [-0.1, -0.05) is 25.0 Å². The lowest BCUT2D eigenvalue weighted by atomic mass is 10.2. The first kappa shape index (κ1) is 21.5.